The quantitative estimate of drug-likeness (QED) is 0.577. The largest absolute Gasteiger partial charge is 0.394 e. The fraction of sp³-hybridized carbons (Fsp3) is 1.00. The molecule has 0 heterocycles. The summed E-state index contributed by atoms with van der Waals surface area (Å²) in [4.78, 5) is 0. The highest BCUT2D eigenvalue weighted by atomic mass is 28.4. The Hall–Kier alpha value is 0.274. The van der Waals surface area contributed by atoms with Crippen molar-refractivity contribution in [3.63, 3.8) is 0 Å². The zero-order valence-electron chi connectivity index (χ0n) is 14.7. The van der Waals surface area contributed by atoms with Crippen LogP contribution in [0, 0.1) is 0 Å². The maximum Gasteiger partial charge on any atom is 0.337 e. The van der Waals surface area contributed by atoms with Crippen LogP contribution in [0.15, 0.2) is 0 Å². The fourth-order valence-electron chi connectivity index (χ4n) is 2.16. The molecule has 20 heavy (non-hydrogen) atoms. The Bertz CT molecular complexity index is 238. The first kappa shape index (κ1) is 20.3. The molecule has 0 spiro atoms. The van der Waals surface area contributed by atoms with Gasteiger partial charge in [0.1, 0.15) is 0 Å². The van der Waals surface area contributed by atoms with Crippen LogP contribution >= 0.6 is 0 Å². The summed E-state index contributed by atoms with van der Waals surface area (Å²) in [5, 5.41) is 0. The summed E-state index contributed by atoms with van der Waals surface area (Å²) in [6, 6.07) is 0. The Labute approximate surface area is 128 Å². The molecule has 4 nitrogen and oxygen atoms in total. The summed E-state index contributed by atoms with van der Waals surface area (Å²) in [5.41, 5.74) is 0.819. The molecular formula is C14H34O4Si2. The minimum Gasteiger partial charge on any atom is -0.394 e. The molecule has 0 N–H and O–H groups in total. The molecule has 0 aromatic carbocycles. The molecule has 122 valence electrons. The van der Waals surface area contributed by atoms with Crippen LogP contribution < -0.4 is 0 Å². The molecule has 0 unspecified atom stereocenters. The molecule has 0 aliphatic heterocycles. The molecule has 0 aliphatic rings. The predicted octanol–water partition coefficient (Wildman–Crippen LogP) is 3.52. The van der Waals surface area contributed by atoms with Gasteiger partial charge in [-0.15, -0.1) is 0 Å². The lowest BCUT2D eigenvalue weighted by Crippen LogP contribution is -2.48. The Morgan fingerprint density at radius 1 is 0.700 bits per heavy atom. The zero-order chi connectivity index (χ0) is 15.9. The first-order valence-electron chi connectivity index (χ1n) is 7.70. The highest BCUT2D eigenvalue weighted by Crippen LogP contribution is 2.22. The fourth-order valence-corrected chi connectivity index (χ4v) is 9.45. The number of hydrogen-bond donors (Lipinski definition) is 0. The summed E-state index contributed by atoms with van der Waals surface area (Å²) < 4.78 is 24.3. The topological polar surface area (TPSA) is 36.9 Å². The Morgan fingerprint density at radius 3 is 1.30 bits per heavy atom. The van der Waals surface area contributed by atoms with Crippen molar-refractivity contribution in [3.05, 3.63) is 0 Å². The van der Waals surface area contributed by atoms with Crippen molar-refractivity contribution in [2.24, 2.45) is 0 Å². The van der Waals surface area contributed by atoms with Gasteiger partial charge in [0.05, 0.1) is 0 Å². The lowest BCUT2D eigenvalue weighted by molar-refractivity contribution is 0.101. The number of hydrogen-bond acceptors (Lipinski definition) is 4. The van der Waals surface area contributed by atoms with E-state index in [1.54, 1.807) is 0 Å². The van der Waals surface area contributed by atoms with Gasteiger partial charge in [-0.2, -0.15) is 0 Å². The zero-order valence-corrected chi connectivity index (χ0v) is 16.9. The lowest BCUT2D eigenvalue weighted by atomic mass is 10.5. The minimum absolute atomic E-state index is 0.165. The minimum atomic E-state index is -2.26. The van der Waals surface area contributed by atoms with Crippen molar-refractivity contribution in [2.45, 2.75) is 92.0 Å². The van der Waals surface area contributed by atoms with Crippen LogP contribution in [-0.4, -0.2) is 42.3 Å². The molecule has 0 saturated heterocycles. The van der Waals surface area contributed by atoms with Crippen molar-refractivity contribution in [3.8, 4) is 0 Å². The summed E-state index contributed by atoms with van der Waals surface area (Å²) in [7, 11) is -4.04. The third-order valence-electron chi connectivity index (χ3n) is 2.36. The molecule has 0 bridgehead atoms. The van der Waals surface area contributed by atoms with Crippen molar-refractivity contribution in [1.29, 1.82) is 0 Å². The first-order valence-corrected chi connectivity index (χ1v) is 12.0. The molecule has 0 aromatic heterocycles. The van der Waals surface area contributed by atoms with Crippen molar-refractivity contribution in [1.82, 2.24) is 0 Å². The van der Waals surface area contributed by atoms with Crippen LogP contribution in [0.2, 0.25) is 12.2 Å². The highest BCUT2D eigenvalue weighted by molar-refractivity contribution is 6.77. The van der Waals surface area contributed by atoms with Crippen LogP contribution in [-0.2, 0) is 17.7 Å². The second kappa shape index (κ2) is 9.32. The van der Waals surface area contributed by atoms with Gasteiger partial charge in [-0.1, -0.05) is 0 Å². The Kier molecular flexibility index (Phi) is 9.45. The van der Waals surface area contributed by atoms with Gasteiger partial charge in [-0.05, 0) is 61.9 Å². The SMILES string of the molecule is CC(C)O[SiH](C[Si](C)(OC(C)C)OC(C)C)OC(C)C. The van der Waals surface area contributed by atoms with E-state index in [9.17, 15) is 0 Å². The van der Waals surface area contributed by atoms with Crippen LogP contribution in [0.4, 0.5) is 0 Å². The standard InChI is InChI=1S/C14H34O4Si2/c1-11(2)15-19(16-12(3)4)10-20(9,17-13(5)6)18-14(7)8/h11-14,19H,10H2,1-9H3. The molecular weight excluding hydrogens is 288 g/mol. The van der Waals surface area contributed by atoms with E-state index in [0.717, 1.165) is 5.67 Å². The molecule has 0 aromatic rings. The normalized spacial score (nSPS) is 13.5. The van der Waals surface area contributed by atoms with E-state index in [0.29, 0.717) is 0 Å². The van der Waals surface area contributed by atoms with Gasteiger partial charge < -0.3 is 17.7 Å². The molecule has 0 fully saturated rings. The van der Waals surface area contributed by atoms with Gasteiger partial charge in [0, 0.05) is 30.1 Å². The van der Waals surface area contributed by atoms with Crippen molar-refractivity contribution >= 4 is 17.8 Å². The predicted molar refractivity (Wildman–Crippen MR) is 88.5 cm³/mol. The lowest BCUT2D eigenvalue weighted by Gasteiger charge is -2.34. The van der Waals surface area contributed by atoms with E-state index in [2.05, 4.69) is 61.9 Å². The van der Waals surface area contributed by atoms with Crippen LogP contribution in [0.5, 0.6) is 0 Å². The Balaban J connectivity index is 4.84. The number of rotatable bonds is 10. The van der Waals surface area contributed by atoms with Gasteiger partial charge in [-0.3, -0.25) is 0 Å². The second-order valence-corrected chi connectivity index (χ2v) is 12.2. The summed E-state index contributed by atoms with van der Waals surface area (Å²) in [5.74, 6) is 0. The average molecular weight is 323 g/mol. The molecule has 0 rings (SSSR count). The van der Waals surface area contributed by atoms with Crippen LogP contribution in [0.3, 0.4) is 0 Å². The van der Waals surface area contributed by atoms with Crippen LogP contribution in [0.25, 0.3) is 0 Å². The Morgan fingerprint density at radius 2 is 1.05 bits per heavy atom. The summed E-state index contributed by atoms with van der Waals surface area (Å²) >= 11 is 0. The molecule has 0 aliphatic carbocycles. The van der Waals surface area contributed by atoms with E-state index in [-0.39, 0.29) is 24.4 Å². The van der Waals surface area contributed by atoms with E-state index in [4.69, 9.17) is 17.7 Å². The van der Waals surface area contributed by atoms with Gasteiger partial charge in [0.2, 0.25) is 0 Å². The molecule has 0 atom stereocenters. The summed E-state index contributed by atoms with van der Waals surface area (Å²) in [6.07, 6.45) is 0.694. The molecule has 0 radical (unpaired) electrons. The van der Waals surface area contributed by atoms with Gasteiger partial charge >= 0.3 is 17.8 Å². The van der Waals surface area contributed by atoms with Gasteiger partial charge in [0.15, 0.2) is 0 Å². The van der Waals surface area contributed by atoms with Crippen molar-refractivity contribution in [2.75, 3.05) is 0 Å². The van der Waals surface area contributed by atoms with Crippen molar-refractivity contribution < 1.29 is 17.7 Å². The van der Waals surface area contributed by atoms with Gasteiger partial charge in [-0.25, -0.2) is 0 Å². The monoisotopic (exact) mass is 322 g/mol. The average Bonchev–Trinajstić information content (AvgIpc) is 2.09. The van der Waals surface area contributed by atoms with E-state index >= 15 is 0 Å². The molecule has 6 heteroatoms. The second-order valence-electron chi connectivity index (χ2n) is 6.47. The molecule has 0 amide bonds. The van der Waals surface area contributed by atoms with Gasteiger partial charge in [0.25, 0.3) is 0 Å². The third-order valence-corrected chi connectivity index (χ3v) is 10.3. The summed E-state index contributed by atoms with van der Waals surface area (Å²) in [6.45, 7) is 18.5. The van der Waals surface area contributed by atoms with E-state index in [1.807, 2.05) is 0 Å². The highest BCUT2D eigenvalue weighted by Gasteiger charge is 2.39. The molecule has 0 saturated carbocycles. The maximum atomic E-state index is 6.13. The first-order chi connectivity index (χ1) is 9.04. The van der Waals surface area contributed by atoms with E-state index in [1.165, 1.54) is 0 Å². The van der Waals surface area contributed by atoms with Crippen LogP contribution in [0.1, 0.15) is 55.4 Å². The third kappa shape index (κ3) is 10.1. The smallest absolute Gasteiger partial charge is 0.337 e. The maximum absolute atomic E-state index is 6.13. The van der Waals surface area contributed by atoms with E-state index < -0.39 is 17.8 Å².